The second kappa shape index (κ2) is 8.91. The first-order chi connectivity index (χ1) is 11.1. The number of thiocarbonyl (C=S) groups is 1. The van der Waals surface area contributed by atoms with E-state index in [4.69, 9.17) is 39.8 Å². The van der Waals surface area contributed by atoms with Gasteiger partial charge in [0.15, 0.2) is 5.11 Å². The van der Waals surface area contributed by atoms with E-state index in [2.05, 4.69) is 22.8 Å². The molecule has 2 N–H and O–H groups in total. The first-order valence-corrected chi connectivity index (χ1v) is 8.38. The lowest BCUT2D eigenvalue weighted by atomic mass is 10.2. The number of hydrogen-bond donors (Lipinski definition) is 2. The number of rotatable bonds is 6. The van der Waals surface area contributed by atoms with Crippen LogP contribution in [0.1, 0.15) is 25.5 Å². The second-order valence-corrected chi connectivity index (χ2v) is 6.06. The van der Waals surface area contributed by atoms with E-state index in [9.17, 15) is 0 Å². The van der Waals surface area contributed by atoms with E-state index >= 15 is 0 Å². The second-order valence-electron chi connectivity index (χ2n) is 4.81. The lowest BCUT2D eigenvalue weighted by Crippen LogP contribution is -2.32. The minimum atomic E-state index is 0.486. The van der Waals surface area contributed by atoms with Crippen LogP contribution in [0, 0.1) is 0 Å². The summed E-state index contributed by atoms with van der Waals surface area (Å²) in [7, 11) is 0. The Kier molecular flexibility index (Phi) is 6.89. The van der Waals surface area contributed by atoms with Gasteiger partial charge in [-0.05, 0) is 49.0 Å². The smallest absolute Gasteiger partial charge is 0.186 e. The average Bonchev–Trinajstić information content (AvgIpc) is 2.98. The van der Waals surface area contributed by atoms with Crippen molar-refractivity contribution in [2.75, 3.05) is 6.54 Å². The van der Waals surface area contributed by atoms with Crippen LogP contribution in [-0.4, -0.2) is 17.9 Å². The largest absolute Gasteiger partial charge is 0.455 e. The molecule has 7 heteroatoms. The van der Waals surface area contributed by atoms with Crippen LogP contribution in [0.3, 0.4) is 0 Å². The number of unbranched alkanes of at least 4 members (excludes halogenated alkanes) is 1. The Morgan fingerprint density at radius 1 is 1.30 bits per heavy atom. The Morgan fingerprint density at radius 2 is 2.13 bits per heavy atom. The number of hydrogen-bond acceptors (Lipinski definition) is 3. The Hall–Kier alpha value is -1.56. The standard InChI is InChI=1S/C16H17Cl2N3OS/c1-2-3-8-19-16(23)21-20-10-12-5-7-15(22-12)13-9-11(17)4-6-14(13)18/h4-7,9-10H,2-3,8H2,1H3,(H2,19,21,23)/b20-10-. The predicted molar refractivity (Wildman–Crippen MR) is 100 cm³/mol. The van der Waals surface area contributed by atoms with E-state index in [1.165, 1.54) is 0 Å². The molecule has 2 aromatic rings. The summed E-state index contributed by atoms with van der Waals surface area (Å²) in [6.45, 7) is 2.95. The van der Waals surface area contributed by atoms with Crippen molar-refractivity contribution in [3.63, 3.8) is 0 Å². The molecule has 0 fully saturated rings. The van der Waals surface area contributed by atoms with Crippen molar-refractivity contribution >= 4 is 46.7 Å². The van der Waals surface area contributed by atoms with Gasteiger partial charge in [0.25, 0.3) is 0 Å². The molecular formula is C16H17Cl2N3OS. The molecule has 0 unspecified atom stereocenters. The third kappa shape index (κ3) is 5.53. The fraction of sp³-hybridized carbons (Fsp3) is 0.250. The first-order valence-electron chi connectivity index (χ1n) is 7.22. The molecule has 0 aliphatic rings. The maximum Gasteiger partial charge on any atom is 0.186 e. The topological polar surface area (TPSA) is 49.6 Å². The van der Waals surface area contributed by atoms with E-state index in [-0.39, 0.29) is 0 Å². The molecule has 0 atom stereocenters. The van der Waals surface area contributed by atoms with Crippen LogP contribution in [0.25, 0.3) is 11.3 Å². The number of nitrogens with zero attached hydrogens (tertiary/aromatic N) is 1. The van der Waals surface area contributed by atoms with Crippen molar-refractivity contribution in [3.8, 4) is 11.3 Å². The van der Waals surface area contributed by atoms with Gasteiger partial charge in [0.2, 0.25) is 0 Å². The van der Waals surface area contributed by atoms with Crippen LogP contribution in [0.4, 0.5) is 0 Å². The molecule has 122 valence electrons. The third-order valence-electron chi connectivity index (χ3n) is 2.99. The van der Waals surface area contributed by atoms with Crippen LogP contribution >= 0.6 is 35.4 Å². The predicted octanol–water partition coefficient (Wildman–Crippen LogP) is 4.85. The van der Waals surface area contributed by atoms with Crippen LogP contribution in [-0.2, 0) is 0 Å². The van der Waals surface area contributed by atoms with E-state index in [0.29, 0.717) is 26.7 Å². The Bertz CT molecular complexity index is 700. The fourth-order valence-electron chi connectivity index (χ4n) is 1.83. The van der Waals surface area contributed by atoms with Gasteiger partial charge in [-0.3, -0.25) is 5.43 Å². The van der Waals surface area contributed by atoms with Crippen molar-refractivity contribution < 1.29 is 4.42 Å². The zero-order chi connectivity index (χ0) is 16.7. The molecule has 4 nitrogen and oxygen atoms in total. The molecule has 0 bridgehead atoms. The molecule has 0 amide bonds. The van der Waals surface area contributed by atoms with Crippen molar-refractivity contribution in [3.05, 3.63) is 46.1 Å². The highest BCUT2D eigenvalue weighted by molar-refractivity contribution is 7.80. The van der Waals surface area contributed by atoms with E-state index < -0.39 is 0 Å². The highest BCUT2D eigenvalue weighted by Crippen LogP contribution is 2.31. The molecule has 0 spiro atoms. The Labute approximate surface area is 150 Å². The summed E-state index contributed by atoms with van der Waals surface area (Å²) in [6, 6.07) is 8.84. The highest BCUT2D eigenvalue weighted by atomic mass is 35.5. The molecular weight excluding hydrogens is 353 g/mol. The fourth-order valence-corrected chi connectivity index (χ4v) is 2.36. The van der Waals surface area contributed by atoms with Gasteiger partial charge in [-0.15, -0.1) is 0 Å². The van der Waals surface area contributed by atoms with Gasteiger partial charge in [0.05, 0.1) is 11.2 Å². The minimum Gasteiger partial charge on any atom is -0.455 e. The van der Waals surface area contributed by atoms with Gasteiger partial charge in [-0.25, -0.2) is 0 Å². The lowest BCUT2D eigenvalue weighted by molar-refractivity contribution is 0.574. The van der Waals surface area contributed by atoms with Gasteiger partial charge in [-0.1, -0.05) is 36.5 Å². The summed E-state index contributed by atoms with van der Waals surface area (Å²) in [5.41, 5.74) is 3.48. The quantitative estimate of drug-likeness (QED) is 0.330. The van der Waals surface area contributed by atoms with Crippen molar-refractivity contribution in [1.82, 2.24) is 10.7 Å². The molecule has 1 aromatic carbocycles. The maximum absolute atomic E-state index is 6.16. The molecule has 1 heterocycles. The lowest BCUT2D eigenvalue weighted by Gasteiger charge is -2.04. The summed E-state index contributed by atoms with van der Waals surface area (Å²) in [5, 5.41) is 8.75. The number of nitrogens with one attached hydrogen (secondary N) is 2. The SMILES string of the molecule is CCCCNC(=S)N/N=C\c1ccc(-c2cc(Cl)ccc2Cl)o1. The van der Waals surface area contributed by atoms with E-state index in [1.54, 1.807) is 30.5 Å². The summed E-state index contributed by atoms with van der Waals surface area (Å²) < 4.78 is 5.69. The molecule has 23 heavy (non-hydrogen) atoms. The monoisotopic (exact) mass is 369 g/mol. The van der Waals surface area contributed by atoms with Gasteiger partial charge >= 0.3 is 0 Å². The molecule has 0 aliphatic heterocycles. The van der Waals surface area contributed by atoms with Crippen LogP contribution in [0.5, 0.6) is 0 Å². The van der Waals surface area contributed by atoms with Gasteiger partial charge in [-0.2, -0.15) is 5.10 Å². The minimum absolute atomic E-state index is 0.486. The molecule has 0 radical (unpaired) electrons. The third-order valence-corrected chi connectivity index (χ3v) is 3.79. The number of hydrazone groups is 1. The zero-order valence-corrected chi connectivity index (χ0v) is 14.9. The molecule has 0 aliphatic carbocycles. The van der Waals surface area contributed by atoms with E-state index in [0.717, 1.165) is 24.9 Å². The average molecular weight is 370 g/mol. The molecule has 1 aromatic heterocycles. The summed E-state index contributed by atoms with van der Waals surface area (Å²) >= 11 is 17.2. The molecule has 2 rings (SSSR count). The number of benzene rings is 1. The molecule has 0 saturated carbocycles. The van der Waals surface area contributed by atoms with Crippen molar-refractivity contribution in [2.45, 2.75) is 19.8 Å². The Balaban J connectivity index is 1.96. The Morgan fingerprint density at radius 3 is 2.91 bits per heavy atom. The number of halogens is 2. The summed E-state index contributed by atoms with van der Waals surface area (Å²) in [4.78, 5) is 0. The van der Waals surface area contributed by atoms with Crippen molar-refractivity contribution in [1.29, 1.82) is 0 Å². The number of furan rings is 1. The first kappa shape index (κ1) is 17.8. The van der Waals surface area contributed by atoms with Crippen molar-refractivity contribution in [2.24, 2.45) is 5.10 Å². The highest BCUT2D eigenvalue weighted by Gasteiger charge is 2.08. The van der Waals surface area contributed by atoms with Gasteiger partial charge < -0.3 is 9.73 Å². The van der Waals surface area contributed by atoms with Gasteiger partial charge in [0, 0.05) is 17.1 Å². The zero-order valence-electron chi connectivity index (χ0n) is 12.6. The van der Waals surface area contributed by atoms with Crippen LogP contribution < -0.4 is 10.7 Å². The van der Waals surface area contributed by atoms with E-state index in [1.807, 2.05) is 6.07 Å². The summed E-state index contributed by atoms with van der Waals surface area (Å²) in [6.07, 6.45) is 3.73. The normalized spacial score (nSPS) is 10.9. The van der Waals surface area contributed by atoms with Crippen LogP contribution in [0.15, 0.2) is 39.9 Å². The van der Waals surface area contributed by atoms with Gasteiger partial charge in [0.1, 0.15) is 11.5 Å². The van der Waals surface area contributed by atoms with Crippen LogP contribution in [0.2, 0.25) is 10.0 Å². The summed E-state index contributed by atoms with van der Waals surface area (Å²) in [5.74, 6) is 1.21. The molecule has 0 saturated heterocycles. The maximum atomic E-state index is 6.16.